The van der Waals surface area contributed by atoms with Gasteiger partial charge in [0.15, 0.2) is 6.10 Å². The fourth-order valence-electron chi connectivity index (χ4n) is 4.53. The molecule has 0 bridgehead atoms. The highest BCUT2D eigenvalue weighted by Gasteiger charge is 2.36. The average Bonchev–Trinajstić information content (AvgIpc) is 3.12. The molecule has 1 saturated heterocycles. The highest BCUT2D eigenvalue weighted by atomic mass is 32.2. The van der Waals surface area contributed by atoms with Crippen LogP contribution in [0.1, 0.15) is 52.0 Å². The number of carbonyl (C=O) groups excluding carboxylic acids is 1. The molecule has 0 aliphatic carbocycles. The van der Waals surface area contributed by atoms with Gasteiger partial charge in [0, 0.05) is 18.8 Å². The molecule has 0 aromatic heterocycles. The summed E-state index contributed by atoms with van der Waals surface area (Å²) in [6, 6.07) is 11.4. The molecule has 202 valence electrons. The molecule has 4 rings (SSSR count). The maximum atomic E-state index is 13.1. The number of benzene rings is 2. The number of sulfonamides is 2. The van der Waals surface area contributed by atoms with Gasteiger partial charge in [0.25, 0.3) is 5.91 Å². The number of amides is 1. The molecule has 2 aromatic rings. The molecule has 1 amide bonds. The molecule has 2 aliphatic rings. The van der Waals surface area contributed by atoms with E-state index < -0.39 is 32.1 Å². The van der Waals surface area contributed by atoms with Crippen molar-refractivity contribution in [3.8, 4) is 5.75 Å². The molecule has 0 spiro atoms. The SMILES string of the molecule is CC(C)(C)c1ccc2c(c1)N(S(C)(=O)=O)CC(C(=O)Nc1ccc(S(=O)(=O)N3CCCCCC3)cc1)O2. The van der Waals surface area contributed by atoms with Crippen LogP contribution in [0, 0.1) is 0 Å². The van der Waals surface area contributed by atoms with Gasteiger partial charge < -0.3 is 10.1 Å². The number of hydrogen-bond donors (Lipinski definition) is 1. The summed E-state index contributed by atoms with van der Waals surface area (Å²) in [5.74, 6) is -0.217. The van der Waals surface area contributed by atoms with E-state index in [-0.39, 0.29) is 16.9 Å². The lowest BCUT2D eigenvalue weighted by molar-refractivity contribution is -0.122. The zero-order chi connectivity index (χ0) is 27.0. The number of carbonyl (C=O) groups is 1. The van der Waals surface area contributed by atoms with E-state index in [0.29, 0.717) is 30.2 Å². The van der Waals surface area contributed by atoms with Gasteiger partial charge in [0.2, 0.25) is 20.0 Å². The van der Waals surface area contributed by atoms with Crippen molar-refractivity contribution >= 4 is 37.3 Å². The fourth-order valence-corrected chi connectivity index (χ4v) is 6.96. The monoisotopic (exact) mass is 549 g/mol. The summed E-state index contributed by atoms with van der Waals surface area (Å²) in [5, 5.41) is 2.72. The van der Waals surface area contributed by atoms with Crippen LogP contribution in [-0.2, 0) is 30.3 Å². The van der Waals surface area contributed by atoms with Crippen LogP contribution in [0.25, 0.3) is 0 Å². The largest absolute Gasteiger partial charge is 0.476 e. The minimum absolute atomic E-state index is 0.174. The van der Waals surface area contributed by atoms with Crippen LogP contribution in [0.4, 0.5) is 11.4 Å². The lowest BCUT2D eigenvalue weighted by Gasteiger charge is -2.35. The Hall–Kier alpha value is -2.63. The topological polar surface area (TPSA) is 113 Å². The second-order valence-corrected chi connectivity index (χ2v) is 14.5. The zero-order valence-corrected chi connectivity index (χ0v) is 23.4. The van der Waals surface area contributed by atoms with Crippen LogP contribution in [0.15, 0.2) is 47.4 Å². The number of anilines is 2. The Morgan fingerprint density at radius 1 is 0.946 bits per heavy atom. The summed E-state index contributed by atoms with van der Waals surface area (Å²) < 4.78 is 59.8. The van der Waals surface area contributed by atoms with E-state index in [1.165, 1.54) is 32.9 Å². The Bertz CT molecular complexity index is 1360. The third-order valence-corrected chi connectivity index (χ3v) is 9.77. The van der Waals surface area contributed by atoms with Crippen molar-refractivity contribution in [3.63, 3.8) is 0 Å². The van der Waals surface area contributed by atoms with Crippen molar-refractivity contribution < 1.29 is 26.4 Å². The molecular formula is C26H35N3O6S2. The van der Waals surface area contributed by atoms with E-state index in [4.69, 9.17) is 4.74 Å². The molecular weight excluding hydrogens is 514 g/mol. The zero-order valence-electron chi connectivity index (χ0n) is 21.7. The fraction of sp³-hybridized carbons (Fsp3) is 0.500. The summed E-state index contributed by atoms with van der Waals surface area (Å²) >= 11 is 0. The molecule has 1 fully saturated rings. The molecule has 2 aliphatic heterocycles. The second kappa shape index (κ2) is 10.3. The number of nitrogens with one attached hydrogen (secondary N) is 1. The van der Waals surface area contributed by atoms with E-state index in [1.54, 1.807) is 12.1 Å². The smallest absolute Gasteiger partial charge is 0.267 e. The predicted octanol–water partition coefficient (Wildman–Crippen LogP) is 3.71. The van der Waals surface area contributed by atoms with E-state index in [1.807, 2.05) is 26.8 Å². The lowest BCUT2D eigenvalue weighted by atomic mass is 9.86. The number of ether oxygens (including phenoxy) is 1. The maximum Gasteiger partial charge on any atom is 0.267 e. The number of nitrogens with zero attached hydrogens (tertiary/aromatic N) is 2. The first-order valence-corrected chi connectivity index (χ1v) is 15.8. The van der Waals surface area contributed by atoms with Gasteiger partial charge in [0.1, 0.15) is 5.75 Å². The van der Waals surface area contributed by atoms with Crippen LogP contribution in [0.2, 0.25) is 0 Å². The van der Waals surface area contributed by atoms with Crippen LogP contribution in [-0.4, -0.2) is 59.0 Å². The van der Waals surface area contributed by atoms with Gasteiger partial charge >= 0.3 is 0 Å². The third-order valence-electron chi connectivity index (χ3n) is 6.71. The number of rotatable bonds is 5. The summed E-state index contributed by atoms with van der Waals surface area (Å²) in [5.41, 5.74) is 1.55. The standard InChI is InChI=1S/C26H35N3O6S2/c1-26(2,3)19-9-14-23-22(17-19)29(36(4,31)32)18-24(35-23)25(30)27-20-10-12-21(13-11-20)37(33,34)28-15-7-5-6-8-16-28/h9-14,17,24H,5-8,15-16,18H2,1-4H3,(H,27,30). The van der Waals surface area contributed by atoms with Gasteiger partial charge in [0.05, 0.1) is 23.4 Å². The van der Waals surface area contributed by atoms with Crippen LogP contribution in [0.3, 0.4) is 0 Å². The molecule has 11 heteroatoms. The van der Waals surface area contributed by atoms with Gasteiger partial charge in [-0.1, -0.05) is 39.7 Å². The summed E-state index contributed by atoms with van der Waals surface area (Å²) in [4.78, 5) is 13.2. The van der Waals surface area contributed by atoms with Gasteiger partial charge in [-0.3, -0.25) is 9.10 Å². The Balaban J connectivity index is 1.51. The van der Waals surface area contributed by atoms with Gasteiger partial charge in [-0.2, -0.15) is 4.31 Å². The summed E-state index contributed by atoms with van der Waals surface area (Å²) in [6.07, 6.45) is 3.77. The third kappa shape index (κ3) is 6.10. The molecule has 0 saturated carbocycles. The van der Waals surface area contributed by atoms with Crippen molar-refractivity contribution in [2.45, 2.75) is 62.9 Å². The van der Waals surface area contributed by atoms with E-state index in [0.717, 1.165) is 37.5 Å². The Kier molecular flexibility index (Phi) is 7.60. The first-order valence-electron chi connectivity index (χ1n) is 12.5. The Morgan fingerprint density at radius 2 is 1.57 bits per heavy atom. The number of fused-ring (bicyclic) bond motifs is 1. The summed E-state index contributed by atoms with van der Waals surface area (Å²) in [7, 11) is -7.27. The van der Waals surface area contributed by atoms with Crippen molar-refractivity contribution in [1.82, 2.24) is 4.31 Å². The predicted molar refractivity (Wildman–Crippen MR) is 144 cm³/mol. The Labute approximate surface area is 219 Å². The molecule has 9 nitrogen and oxygen atoms in total. The maximum absolute atomic E-state index is 13.1. The van der Waals surface area contributed by atoms with Crippen molar-refractivity contribution in [2.75, 3.05) is 35.5 Å². The van der Waals surface area contributed by atoms with Gasteiger partial charge in [-0.25, -0.2) is 16.8 Å². The normalized spacial score (nSPS) is 19.5. The van der Waals surface area contributed by atoms with E-state index in [9.17, 15) is 21.6 Å². The van der Waals surface area contributed by atoms with Crippen LogP contribution >= 0.6 is 0 Å². The molecule has 2 heterocycles. The first kappa shape index (κ1) is 27.4. The molecule has 0 radical (unpaired) electrons. The van der Waals surface area contributed by atoms with Crippen molar-refractivity contribution in [2.24, 2.45) is 0 Å². The molecule has 1 unspecified atom stereocenters. The second-order valence-electron chi connectivity index (χ2n) is 10.7. The number of hydrogen-bond acceptors (Lipinski definition) is 6. The van der Waals surface area contributed by atoms with Crippen LogP contribution in [0.5, 0.6) is 5.75 Å². The van der Waals surface area contributed by atoms with Gasteiger partial charge in [-0.05, 0) is 60.2 Å². The highest BCUT2D eigenvalue weighted by Crippen LogP contribution is 2.38. The first-order chi connectivity index (χ1) is 17.3. The average molecular weight is 550 g/mol. The lowest BCUT2D eigenvalue weighted by Crippen LogP contribution is -2.48. The highest BCUT2D eigenvalue weighted by molar-refractivity contribution is 7.92. The minimum atomic E-state index is -3.67. The molecule has 2 aromatic carbocycles. The van der Waals surface area contributed by atoms with Crippen molar-refractivity contribution in [3.05, 3.63) is 48.0 Å². The van der Waals surface area contributed by atoms with E-state index >= 15 is 0 Å². The van der Waals surface area contributed by atoms with Crippen molar-refractivity contribution in [1.29, 1.82) is 0 Å². The Morgan fingerprint density at radius 3 is 2.14 bits per heavy atom. The molecule has 1 N–H and O–H groups in total. The van der Waals surface area contributed by atoms with E-state index in [2.05, 4.69) is 5.32 Å². The molecule has 37 heavy (non-hydrogen) atoms. The minimum Gasteiger partial charge on any atom is -0.476 e. The summed E-state index contributed by atoms with van der Waals surface area (Å²) in [6.45, 7) is 6.94. The quantitative estimate of drug-likeness (QED) is 0.608. The van der Waals surface area contributed by atoms with Crippen LogP contribution < -0.4 is 14.4 Å². The molecule has 1 atom stereocenters. The van der Waals surface area contributed by atoms with Gasteiger partial charge in [-0.15, -0.1) is 0 Å².